The molecule has 1 unspecified atom stereocenters. The first-order chi connectivity index (χ1) is 13.6. The van der Waals surface area contributed by atoms with Gasteiger partial charge in [-0.05, 0) is 72.8 Å². The smallest absolute Gasteiger partial charge is 0.237 e. The number of nitrogens with zero attached hydrogens (tertiary/aromatic N) is 1. The maximum absolute atomic E-state index is 13.3. The third-order valence-electron chi connectivity index (χ3n) is 7.78. The molecule has 2 aromatic rings. The van der Waals surface area contributed by atoms with E-state index >= 15 is 0 Å². The lowest BCUT2D eigenvalue weighted by Crippen LogP contribution is -2.33. The van der Waals surface area contributed by atoms with Crippen molar-refractivity contribution in [2.45, 2.75) is 19.3 Å². The molecule has 28 heavy (non-hydrogen) atoms. The van der Waals surface area contributed by atoms with Crippen molar-refractivity contribution < 1.29 is 14.3 Å². The molecule has 3 aliphatic carbocycles. The first kappa shape index (κ1) is 16.3. The summed E-state index contributed by atoms with van der Waals surface area (Å²) in [5, 5.41) is 0. The van der Waals surface area contributed by atoms with Crippen LogP contribution in [0.3, 0.4) is 0 Å². The number of methoxy groups -OCH3 is 1. The average Bonchev–Trinajstić information content (AvgIpc) is 3.05. The molecule has 2 amide bonds. The SMILES string of the molecule is COc1ccc(C2[C@@H]3[C@@H]4C[C@@H]([C@@H]5C(=O)N(c6ccc(C)cc6)C(=O)[C@H]45)[C@H]23)cc1. The van der Waals surface area contributed by atoms with E-state index in [1.807, 2.05) is 43.3 Å². The third-order valence-corrected chi connectivity index (χ3v) is 7.78. The van der Waals surface area contributed by atoms with E-state index in [0.717, 1.165) is 23.4 Å². The maximum atomic E-state index is 13.3. The van der Waals surface area contributed by atoms with E-state index in [1.54, 1.807) is 7.11 Å². The van der Waals surface area contributed by atoms with E-state index in [9.17, 15) is 9.59 Å². The Hall–Kier alpha value is -2.62. The zero-order valence-corrected chi connectivity index (χ0v) is 16.0. The number of fused-ring (bicyclic) bond motifs is 8. The minimum Gasteiger partial charge on any atom is -0.497 e. The van der Waals surface area contributed by atoms with Gasteiger partial charge in [0.1, 0.15) is 5.75 Å². The molecule has 4 fully saturated rings. The normalized spacial score (nSPS) is 37.2. The van der Waals surface area contributed by atoms with Gasteiger partial charge in [-0.15, -0.1) is 0 Å². The van der Waals surface area contributed by atoms with E-state index in [2.05, 4.69) is 12.1 Å². The number of hydrogen-bond donors (Lipinski definition) is 0. The number of aryl methyl sites for hydroxylation is 1. The van der Waals surface area contributed by atoms with Gasteiger partial charge in [-0.2, -0.15) is 0 Å². The Labute approximate surface area is 164 Å². The molecule has 0 radical (unpaired) electrons. The van der Waals surface area contributed by atoms with Crippen LogP contribution >= 0.6 is 0 Å². The van der Waals surface area contributed by atoms with Gasteiger partial charge in [0.2, 0.25) is 11.8 Å². The van der Waals surface area contributed by atoms with E-state index in [0.29, 0.717) is 29.6 Å². The molecule has 3 saturated carbocycles. The topological polar surface area (TPSA) is 46.6 Å². The molecule has 6 rings (SSSR count). The number of ether oxygens (including phenoxy) is 1. The van der Waals surface area contributed by atoms with Crippen LogP contribution in [-0.2, 0) is 9.59 Å². The third kappa shape index (κ3) is 1.96. The van der Waals surface area contributed by atoms with Crippen LogP contribution in [0.4, 0.5) is 5.69 Å². The number of hydrogen-bond acceptors (Lipinski definition) is 3. The first-order valence-electron chi connectivity index (χ1n) is 10.2. The van der Waals surface area contributed by atoms with E-state index in [1.165, 1.54) is 10.5 Å². The second-order valence-electron chi connectivity index (χ2n) is 8.92. The van der Waals surface area contributed by atoms with Crippen LogP contribution in [0.15, 0.2) is 48.5 Å². The van der Waals surface area contributed by atoms with Crippen molar-refractivity contribution >= 4 is 17.5 Å². The second-order valence-corrected chi connectivity index (χ2v) is 8.92. The number of imide groups is 1. The predicted molar refractivity (Wildman–Crippen MR) is 105 cm³/mol. The predicted octanol–water partition coefficient (Wildman–Crippen LogP) is 3.79. The molecule has 2 aromatic carbocycles. The monoisotopic (exact) mass is 373 g/mol. The average molecular weight is 373 g/mol. The maximum Gasteiger partial charge on any atom is 0.237 e. The zero-order chi connectivity index (χ0) is 19.2. The summed E-state index contributed by atoms with van der Waals surface area (Å²) >= 11 is 0. The Kier molecular flexibility index (Phi) is 3.19. The van der Waals surface area contributed by atoms with Crippen molar-refractivity contribution in [3.63, 3.8) is 0 Å². The van der Waals surface area contributed by atoms with Crippen LogP contribution in [-0.4, -0.2) is 18.9 Å². The largest absolute Gasteiger partial charge is 0.497 e. The summed E-state index contributed by atoms with van der Waals surface area (Å²) < 4.78 is 5.27. The summed E-state index contributed by atoms with van der Waals surface area (Å²) in [4.78, 5) is 28.0. The molecule has 1 heterocycles. The van der Waals surface area contributed by atoms with Crippen LogP contribution in [0.1, 0.15) is 23.5 Å². The highest BCUT2D eigenvalue weighted by Crippen LogP contribution is 2.77. The van der Waals surface area contributed by atoms with Gasteiger partial charge in [0.25, 0.3) is 0 Å². The zero-order valence-electron chi connectivity index (χ0n) is 16.0. The Balaban J connectivity index is 1.29. The van der Waals surface area contributed by atoms with E-state index in [-0.39, 0.29) is 23.7 Å². The molecule has 0 spiro atoms. The highest BCUT2D eigenvalue weighted by molar-refractivity contribution is 6.22. The molecule has 7 atom stereocenters. The van der Waals surface area contributed by atoms with Crippen molar-refractivity contribution in [1.82, 2.24) is 0 Å². The van der Waals surface area contributed by atoms with Crippen LogP contribution in [0, 0.1) is 42.4 Å². The molecule has 142 valence electrons. The first-order valence-corrected chi connectivity index (χ1v) is 10.2. The molecular weight excluding hydrogens is 350 g/mol. The van der Waals surface area contributed by atoms with E-state index < -0.39 is 0 Å². The lowest BCUT2D eigenvalue weighted by Gasteiger charge is -2.19. The quantitative estimate of drug-likeness (QED) is 0.769. The van der Waals surface area contributed by atoms with Crippen LogP contribution in [0.2, 0.25) is 0 Å². The van der Waals surface area contributed by atoms with Crippen molar-refractivity contribution in [1.29, 1.82) is 0 Å². The van der Waals surface area contributed by atoms with Gasteiger partial charge in [-0.3, -0.25) is 14.5 Å². The van der Waals surface area contributed by atoms with E-state index in [4.69, 9.17) is 4.74 Å². The van der Waals surface area contributed by atoms with Crippen LogP contribution in [0.25, 0.3) is 0 Å². The number of amides is 2. The molecule has 0 aromatic heterocycles. The summed E-state index contributed by atoms with van der Waals surface area (Å²) in [5.74, 6) is 3.07. The number of anilines is 1. The fraction of sp³-hybridized carbons (Fsp3) is 0.417. The number of carbonyl (C=O) groups is 2. The van der Waals surface area contributed by atoms with Gasteiger partial charge in [-0.1, -0.05) is 29.8 Å². The van der Waals surface area contributed by atoms with Gasteiger partial charge in [0.15, 0.2) is 0 Å². The molecule has 4 nitrogen and oxygen atoms in total. The molecule has 2 bridgehead atoms. The number of carbonyl (C=O) groups excluding carboxylic acids is 2. The fourth-order valence-corrected chi connectivity index (χ4v) is 6.69. The van der Waals surface area contributed by atoms with Gasteiger partial charge in [0, 0.05) is 0 Å². The molecule has 4 aliphatic rings. The van der Waals surface area contributed by atoms with Crippen molar-refractivity contribution in [2.75, 3.05) is 12.0 Å². The standard InChI is InChI=1S/C24H23NO3/c1-12-3-7-14(8-4-12)25-23(26)21-16-11-17(22(21)24(25)27)20-18(19(16)20)13-5-9-15(28-2)10-6-13/h3-10,16-22H,11H2,1-2H3/t16-,17+,18?,19-,20+,21+,22-. The lowest BCUT2D eigenvalue weighted by molar-refractivity contribution is -0.123. The Bertz CT molecular complexity index is 946. The van der Waals surface area contributed by atoms with Gasteiger partial charge in [-0.25, -0.2) is 0 Å². The molecular formula is C24H23NO3. The van der Waals surface area contributed by atoms with Crippen LogP contribution in [0.5, 0.6) is 5.75 Å². The highest BCUT2D eigenvalue weighted by atomic mass is 16.5. The molecule has 1 aliphatic heterocycles. The lowest BCUT2D eigenvalue weighted by atomic mass is 9.81. The number of rotatable bonds is 3. The van der Waals surface area contributed by atoms with Crippen molar-refractivity contribution in [3.05, 3.63) is 59.7 Å². The summed E-state index contributed by atoms with van der Waals surface area (Å²) in [6.07, 6.45) is 1.05. The Morgan fingerprint density at radius 1 is 0.821 bits per heavy atom. The minimum atomic E-state index is -0.108. The summed E-state index contributed by atoms with van der Waals surface area (Å²) in [5.41, 5.74) is 3.20. The molecule has 4 heteroatoms. The Morgan fingerprint density at radius 2 is 1.39 bits per heavy atom. The summed E-state index contributed by atoms with van der Waals surface area (Å²) in [7, 11) is 1.68. The van der Waals surface area contributed by atoms with Crippen molar-refractivity contribution in [2.24, 2.45) is 35.5 Å². The molecule has 0 N–H and O–H groups in total. The second kappa shape index (κ2) is 5.47. The Morgan fingerprint density at radius 3 is 1.93 bits per heavy atom. The molecule has 1 saturated heterocycles. The van der Waals surface area contributed by atoms with Gasteiger partial charge < -0.3 is 4.74 Å². The summed E-state index contributed by atoms with van der Waals surface area (Å²) in [6, 6.07) is 16.1. The van der Waals surface area contributed by atoms with Crippen LogP contribution < -0.4 is 9.64 Å². The van der Waals surface area contributed by atoms with Crippen molar-refractivity contribution in [3.8, 4) is 5.75 Å². The minimum absolute atomic E-state index is 0.0326. The fourth-order valence-electron chi connectivity index (χ4n) is 6.69. The summed E-state index contributed by atoms with van der Waals surface area (Å²) in [6.45, 7) is 2.01. The highest BCUT2D eigenvalue weighted by Gasteiger charge is 2.76. The number of benzene rings is 2. The van der Waals surface area contributed by atoms with Gasteiger partial charge >= 0.3 is 0 Å². The van der Waals surface area contributed by atoms with Gasteiger partial charge in [0.05, 0.1) is 24.6 Å².